The van der Waals surface area contributed by atoms with Gasteiger partial charge >= 0.3 is 0 Å². The van der Waals surface area contributed by atoms with Crippen LogP contribution in [0.4, 0.5) is 0 Å². The zero-order valence-corrected chi connectivity index (χ0v) is 34.3. The molecule has 0 aliphatic rings. The first-order valence-corrected chi connectivity index (χ1v) is 21.7. The zero-order valence-electron chi connectivity index (χ0n) is 33.5. The first kappa shape index (κ1) is 35.4. The van der Waals surface area contributed by atoms with Gasteiger partial charge in [-0.2, -0.15) is 0 Å². The molecule has 0 fully saturated rings. The molecule has 13 rings (SSSR count). The van der Waals surface area contributed by atoms with E-state index in [1.165, 1.54) is 10.8 Å². The number of hydrogen-bond acceptors (Lipinski definition) is 7. The van der Waals surface area contributed by atoms with Crippen LogP contribution in [0.5, 0.6) is 0 Å². The zero-order chi connectivity index (χ0) is 41.4. The molecule has 0 unspecified atom stereocenters. The second-order valence-corrected chi connectivity index (χ2v) is 16.6. The van der Waals surface area contributed by atoms with E-state index < -0.39 is 0 Å². The van der Waals surface area contributed by atoms with Gasteiger partial charge in [-0.15, -0.1) is 11.3 Å². The molecule has 8 heteroatoms. The van der Waals surface area contributed by atoms with E-state index in [0.717, 1.165) is 92.5 Å². The van der Waals surface area contributed by atoms with Crippen molar-refractivity contribution in [2.45, 2.75) is 0 Å². The van der Waals surface area contributed by atoms with Gasteiger partial charge in [0.15, 0.2) is 23.3 Å². The Kier molecular flexibility index (Phi) is 7.94. The van der Waals surface area contributed by atoms with Gasteiger partial charge in [0.25, 0.3) is 0 Å². The van der Waals surface area contributed by atoms with Crippen LogP contribution >= 0.6 is 11.3 Å². The SMILES string of the molecule is c1ccc(-c2nc(-c3ccccc3)nc(-c3cccc4oc5cccc(-c6nc(-c7ccc8c9ccccc9n(-c9ccccc9)c8c7)c7sc8ccccc8c7n6)c5c34)n2)cc1. The third-order valence-corrected chi connectivity index (χ3v) is 13.1. The molecular formula is C55H32N6OS. The average Bonchev–Trinajstić information content (AvgIpc) is 4.04. The molecule has 8 aromatic carbocycles. The molecule has 0 saturated carbocycles. The lowest BCUT2D eigenvalue weighted by molar-refractivity contribution is 0.669. The summed E-state index contributed by atoms with van der Waals surface area (Å²) in [5.41, 5.74) is 11.1. The second kappa shape index (κ2) is 14.1. The van der Waals surface area contributed by atoms with Crippen LogP contribution in [0, 0.1) is 0 Å². The molecule has 0 radical (unpaired) electrons. The van der Waals surface area contributed by atoms with Crippen molar-refractivity contribution in [3.63, 3.8) is 0 Å². The van der Waals surface area contributed by atoms with E-state index in [4.69, 9.17) is 29.3 Å². The lowest BCUT2D eigenvalue weighted by atomic mass is 10.0. The molecule has 63 heavy (non-hydrogen) atoms. The van der Waals surface area contributed by atoms with E-state index in [1.807, 2.05) is 84.9 Å². The number of para-hydroxylation sites is 2. The number of rotatable bonds is 6. The highest BCUT2D eigenvalue weighted by molar-refractivity contribution is 7.26. The van der Waals surface area contributed by atoms with Crippen LogP contribution in [0.15, 0.2) is 199 Å². The molecule has 294 valence electrons. The normalized spacial score (nSPS) is 11.8. The minimum atomic E-state index is 0.550. The summed E-state index contributed by atoms with van der Waals surface area (Å²) in [6.45, 7) is 0. The summed E-state index contributed by atoms with van der Waals surface area (Å²) < 4.78 is 11.2. The molecule has 0 aliphatic heterocycles. The van der Waals surface area contributed by atoms with Gasteiger partial charge < -0.3 is 8.98 Å². The van der Waals surface area contributed by atoms with Gasteiger partial charge in [0.1, 0.15) is 11.2 Å². The predicted octanol–water partition coefficient (Wildman–Crippen LogP) is 14.4. The van der Waals surface area contributed by atoms with E-state index in [0.29, 0.717) is 23.3 Å². The molecule has 5 heterocycles. The Hall–Kier alpha value is -8.33. The van der Waals surface area contributed by atoms with Gasteiger partial charge in [-0.25, -0.2) is 24.9 Å². The van der Waals surface area contributed by atoms with Gasteiger partial charge in [0.2, 0.25) is 0 Å². The molecule has 0 atom stereocenters. The number of fused-ring (bicyclic) bond motifs is 9. The number of hydrogen-bond donors (Lipinski definition) is 0. The van der Waals surface area contributed by atoms with Crippen LogP contribution < -0.4 is 0 Å². The van der Waals surface area contributed by atoms with Crippen molar-refractivity contribution in [2.75, 3.05) is 0 Å². The molecule has 0 spiro atoms. The summed E-state index contributed by atoms with van der Waals surface area (Å²) in [5.74, 6) is 2.35. The van der Waals surface area contributed by atoms with Gasteiger partial charge in [0, 0.05) is 65.1 Å². The maximum absolute atomic E-state index is 6.67. The van der Waals surface area contributed by atoms with Crippen molar-refractivity contribution in [3.05, 3.63) is 194 Å². The van der Waals surface area contributed by atoms with Crippen molar-refractivity contribution in [2.24, 2.45) is 0 Å². The lowest BCUT2D eigenvalue weighted by Gasteiger charge is -2.11. The van der Waals surface area contributed by atoms with E-state index in [1.54, 1.807) is 11.3 Å². The van der Waals surface area contributed by atoms with Crippen LogP contribution in [-0.4, -0.2) is 29.5 Å². The van der Waals surface area contributed by atoms with Gasteiger partial charge in [0.05, 0.1) is 26.9 Å². The lowest BCUT2D eigenvalue weighted by Crippen LogP contribution is -2.00. The first-order chi connectivity index (χ1) is 31.2. The number of nitrogens with zero attached hydrogens (tertiary/aromatic N) is 6. The van der Waals surface area contributed by atoms with Crippen LogP contribution in [0.1, 0.15) is 0 Å². The van der Waals surface area contributed by atoms with Crippen molar-refractivity contribution >= 4 is 75.4 Å². The highest BCUT2D eigenvalue weighted by Gasteiger charge is 2.24. The smallest absolute Gasteiger partial charge is 0.164 e. The van der Waals surface area contributed by atoms with Crippen molar-refractivity contribution < 1.29 is 4.42 Å². The van der Waals surface area contributed by atoms with Crippen LogP contribution in [0.25, 0.3) is 127 Å². The molecule has 7 nitrogen and oxygen atoms in total. The molecular weight excluding hydrogens is 793 g/mol. The average molecular weight is 825 g/mol. The fourth-order valence-electron chi connectivity index (χ4n) is 9.05. The molecule has 5 aromatic heterocycles. The van der Waals surface area contributed by atoms with E-state index >= 15 is 0 Å². The fraction of sp³-hybridized carbons (Fsp3) is 0. The Balaban J connectivity index is 1.07. The molecule has 13 aromatic rings. The highest BCUT2D eigenvalue weighted by atomic mass is 32.1. The third kappa shape index (κ3) is 5.69. The Bertz CT molecular complexity index is 3860. The summed E-state index contributed by atoms with van der Waals surface area (Å²) in [6.07, 6.45) is 0. The van der Waals surface area contributed by atoms with Crippen LogP contribution in [0.2, 0.25) is 0 Å². The maximum atomic E-state index is 6.67. The van der Waals surface area contributed by atoms with Gasteiger partial charge in [-0.05, 0) is 42.5 Å². The third-order valence-electron chi connectivity index (χ3n) is 11.9. The molecule has 0 bridgehead atoms. The Labute approximate surface area is 364 Å². The summed E-state index contributed by atoms with van der Waals surface area (Å²) in [6, 6.07) is 66.7. The number of thiophene rings is 1. The van der Waals surface area contributed by atoms with E-state index in [9.17, 15) is 0 Å². The highest BCUT2D eigenvalue weighted by Crippen LogP contribution is 2.45. The minimum Gasteiger partial charge on any atom is -0.456 e. The summed E-state index contributed by atoms with van der Waals surface area (Å²) in [5, 5.41) is 5.28. The van der Waals surface area contributed by atoms with E-state index in [2.05, 4.69) is 114 Å². The first-order valence-electron chi connectivity index (χ1n) is 20.8. The molecule has 0 N–H and O–H groups in total. The van der Waals surface area contributed by atoms with E-state index in [-0.39, 0.29) is 0 Å². The minimum absolute atomic E-state index is 0.550. The maximum Gasteiger partial charge on any atom is 0.164 e. The van der Waals surface area contributed by atoms with Crippen LogP contribution in [-0.2, 0) is 0 Å². The number of benzene rings is 8. The number of furan rings is 1. The van der Waals surface area contributed by atoms with Gasteiger partial charge in [-0.3, -0.25) is 0 Å². The molecule has 0 aliphatic carbocycles. The van der Waals surface area contributed by atoms with Crippen molar-refractivity contribution in [1.82, 2.24) is 29.5 Å². The van der Waals surface area contributed by atoms with Gasteiger partial charge in [-0.1, -0.05) is 152 Å². The van der Waals surface area contributed by atoms with Crippen molar-refractivity contribution in [1.29, 1.82) is 0 Å². The molecule has 0 saturated heterocycles. The molecule has 0 amide bonds. The summed E-state index contributed by atoms with van der Waals surface area (Å²) in [4.78, 5) is 26.2. The summed E-state index contributed by atoms with van der Waals surface area (Å²) in [7, 11) is 0. The quantitative estimate of drug-likeness (QED) is 0.166. The van der Waals surface area contributed by atoms with Crippen molar-refractivity contribution in [3.8, 4) is 62.5 Å². The Morgan fingerprint density at radius 1 is 0.397 bits per heavy atom. The topological polar surface area (TPSA) is 82.5 Å². The standard InChI is InChI=1S/C55H32N6OS/c1-4-16-33(17-5-1)52-58-53(34-18-6-2-7-19-34)60-55(59-52)41-25-15-28-45-48(41)47-40(24-14-27-44(47)62-45)54-56-49(51-50(57-54)39-23-11-13-29-46(39)63-51)35-30-31-38-37-22-10-12-26-42(37)61(43(38)32-35)36-20-8-3-9-21-36/h1-32H. The monoisotopic (exact) mass is 824 g/mol. The largest absolute Gasteiger partial charge is 0.456 e. The van der Waals surface area contributed by atoms with Crippen LogP contribution in [0.3, 0.4) is 0 Å². The second-order valence-electron chi connectivity index (χ2n) is 15.6. The number of aromatic nitrogens is 6. The summed E-state index contributed by atoms with van der Waals surface area (Å²) >= 11 is 1.73. The predicted molar refractivity (Wildman–Crippen MR) is 257 cm³/mol. The Morgan fingerprint density at radius 2 is 0.952 bits per heavy atom. The fourth-order valence-corrected chi connectivity index (χ4v) is 10.2. The Morgan fingerprint density at radius 3 is 1.63 bits per heavy atom.